The van der Waals surface area contributed by atoms with Crippen LogP contribution in [0.1, 0.15) is 17.5 Å². The Balaban J connectivity index is 1.75. The number of benzene rings is 2. The van der Waals surface area contributed by atoms with Gasteiger partial charge < -0.3 is 15.4 Å². The van der Waals surface area contributed by atoms with Crippen LogP contribution in [0.2, 0.25) is 0 Å². The Bertz CT molecular complexity index is 836. The predicted octanol–water partition coefficient (Wildman–Crippen LogP) is 3.24. The van der Waals surface area contributed by atoms with Crippen molar-refractivity contribution in [2.24, 2.45) is 0 Å². The Morgan fingerprint density at radius 3 is 2.30 bits per heavy atom. The van der Waals surface area contributed by atoms with Crippen LogP contribution in [0.25, 0.3) is 0 Å². The second-order valence-corrected chi connectivity index (χ2v) is 5.97. The third kappa shape index (κ3) is 6.02. The summed E-state index contributed by atoms with van der Waals surface area (Å²) in [7, 11) is 0. The molecule has 0 saturated carbocycles. The SMILES string of the molecule is Cc1cc(C)cc(OCCC(=O)NCC(=O)Nc2ccc(F)c(F)c2F)c1. The third-order valence-corrected chi connectivity index (χ3v) is 3.55. The van der Waals surface area contributed by atoms with Gasteiger partial charge in [-0.1, -0.05) is 6.07 Å². The molecule has 2 N–H and O–H groups in total. The molecular weight excluding hydrogens is 361 g/mol. The van der Waals surface area contributed by atoms with Crippen molar-refractivity contribution in [3.8, 4) is 5.75 Å². The lowest BCUT2D eigenvalue weighted by molar-refractivity contribution is -0.124. The molecule has 144 valence electrons. The Labute approximate surface area is 154 Å². The molecule has 0 aliphatic heterocycles. The highest BCUT2D eigenvalue weighted by Gasteiger charge is 2.15. The maximum absolute atomic E-state index is 13.5. The van der Waals surface area contributed by atoms with Crippen LogP contribution in [0, 0.1) is 31.3 Å². The minimum Gasteiger partial charge on any atom is -0.493 e. The molecule has 5 nitrogen and oxygen atoms in total. The highest BCUT2D eigenvalue weighted by Crippen LogP contribution is 2.19. The zero-order chi connectivity index (χ0) is 20.0. The Hall–Kier alpha value is -3.03. The van der Waals surface area contributed by atoms with E-state index >= 15 is 0 Å². The van der Waals surface area contributed by atoms with Gasteiger partial charge >= 0.3 is 0 Å². The first-order valence-corrected chi connectivity index (χ1v) is 8.17. The summed E-state index contributed by atoms with van der Waals surface area (Å²) in [5.74, 6) is -5.12. The van der Waals surface area contributed by atoms with Crippen LogP contribution >= 0.6 is 0 Å². The predicted molar refractivity (Wildman–Crippen MR) is 94.0 cm³/mol. The molecule has 0 aromatic heterocycles. The van der Waals surface area contributed by atoms with E-state index in [-0.39, 0.29) is 13.0 Å². The van der Waals surface area contributed by atoms with Crippen LogP contribution in [0.3, 0.4) is 0 Å². The number of hydrogen-bond acceptors (Lipinski definition) is 3. The summed E-state index contributed by atoms with van der Waals surface area (Å²) in [5, 5.41) is 4.40. The first kappa shape index (κ1) is 20.3. The number of anilines is 1. The third-order valence-electron chi connectivity index (χ3n) is 3.55. The minimum atomic E-state index is -1.68. The maximum Gasteiger partial charge on any atom is 0.243 e. The van der Waals surface area contributed by atoms with Gasteiger partial charge in [0.1, 0.15) is 5.75 Å². The molecule has 0 saturated heterocycles. The fourth-order valence-electron chi connectivity index (χ4n) is 2.36. The van der Waals surface area contributed by atoms with E-state index in [1.165, 1.54) is 0 Å². The molecule has 2 rings (SSSR count). The second-order valence-electron chi connectivity index (χ2n) is 5.97. The highest BCUT2D eigenvalue weighted by molar-refractivity contribution is 5.94. The molecule has 0 fully saturated rings. The number of carbonyl (C=O) groups is 2. The largest absolute Gasteiger partial charge is 0.493 e. The fourth-order valence-corrected chi connectivity index (χ4v) is 2.36. The zero-order valence-corrected chi connectivity index (χ0v) is 14.9. The number of aryl methyl sites for hydroxylation is 2. The van der Waals surface area contributed by atoms with Gasteiger partial charge in [0, 0.05) is 0 Å². The number of carbonyl (C=O) groups excluding carboxylic acids is 2. The maximum atomic E-state index is 13.5. The van der Waals surface area contributed by atoms with Crippen molar-refractivity contribution < 1.29 is 27.5 Å². The Morgan fingerprint density at radius 2 is 1.63 bits per heavy atom. The lowest BCUT2D eigenvalue weighted by Gasteiger charge is -2.10. The zero-order valence-electron chi connectivity index (χ0n) is 14.9. The van der Waals surface area contributed by atoms with Crippen molar-refractivity contribution >= 4 is 17.5 Å². The highest BCUT2D eigenvalue weighted by atomic mass is 19.2. The number of ether oxygens (including phenoxy) is 1. The number of nitrogens with one attached hydrogen (secondary N) is 2. The number of halogens is 3. The van der Waals surface area contributed by atoms with E-state index in [1.807, 2.05) is 32.0 Å². The average Bonchev–Trinajstić information content (AvgIpc) is 2.60. The van der Waals surface area contributed by atoms with Crippen molar-refractivity contribution in [2.45, 2.75) is 20.3 Å². The van der Waals surface area contributed by atoms with E-state index in [2.05, 4.69) is 10.6 Å². The van der Waals surface area contributed by atoms with Crippen molar-refractivity contribution in [1.82, 2.24) is 5.32 Å². The molecule has 0 aliphatic carbocycles. The molecule has 2 aromatic rings. The van der Waals surface area contributed by atoms with Crippen LogP contribution in [0.4, 0.5) is 18.9 Å². The lowest BCUT2D eigenvalue weighted by atomic mass is 10.1. The molecule has 0 spiro atoms. The molecule has 2 amide bonds. The molecule has 0 aliphatic rings. The lowest BCUT2D eigenvalue weighted by Crippen LogP contribution is -2.33. The van der Waals surface area contributed by atoms with Gasteiger partial charge in [-0.15, -0.1) is 0 Å². The average molecular weight is 380 g/mol. The van der Waals surface area contributed by atoms with Gasteiger partial charge in [0.25, 0.3) is 0 Å². The number of hydrogen-bond donors (Lipinski definition) is 2. The summed E-state index contributed by atoms with van der Waals surface area (Å²) < 4.78 is 44.9. The van der Waals surface area contributed by atoms with Crippen molar-refractivity contribution in [2.75, 3.05) is 18.5 Å². The van der Waals surface area contributed by atoms with Crippen LogP contribution < -0.4 is 15.4 Å². The van der Waals surface area contributed by atoms with Crippen LogP contribution in [0.5, 0.6) is 5.75 Å². The van der Waals surface area contributed by atoms with Crippen molar-refractivity contribution in [3.63, 3.8) is 0 Å². The molecule has 8 heteroatoms. The van der Waals surface area contributed by atoms with Gasteiger partial charge in [0.15, 0.2) is 17.5 Å². The van der Waals surface area contributed by atoms with E-state index in [0.29, 0.717) is 11.8 Å². The summed E-state index contributed by atoms with van der Waals surface area (Å²) in [5.41, 5.74) is 1.57. The molecule has 0 heterocycles. The molecule has 0 atom stereocenters. The topological polar surface area (TPSA) is 67.4 Å². The molecule has 0 bridgehead atoms. The van der Waals surface area contributed by atoms with Crippen molar-refractivity contribution in [1.29, 1.82) is 0 Å². The van der Waals surface area contributed by atoms with Crippen molar-refractivity contribution in [3.05, 3.63) is 58.9 Å². The fraction of sp³-hybridized carbons (Fsp3) is 0.263. The number of amides is 2. The monoisotopic (exact) mass is 380 g/mol. The molecule has 2 aromatic carbocycles. The van der Waals surface area contributed by atoms with Crippen LogP contribution in [0.15, 0.2) is 30.3 Å². The quantitative estimate of drug-likeness (QED) is 0.725. The molecule has 0 radical (unpaired) electrons. The Kier molecular flexibility index (Phi) is 6.81. The first-order valence-electron chi connectivity index (χ1n) is 8.17. The van der Waals surface area contributed by atoms with E-state index in [0.717, 1.165) is 17.2 Å². The van der Waals surface area contributed by atoms with Gasteiger partial charge in [-0.3, -0.25) is 9.59 Å². The summed E-state index contributed by atoms with van der Waals surface area (Å²) in [6.45, 7) is 3.54. The normalized spacial score (nSPS) is 10.4. The van der Waals surface area contributed by atoms with E-state index in [9.17, 15) is 22.8 Å². The summed E-state index contributed by atoms with van der Waals surface area (Å²) in [6, 6.07) is 7.26. The Morgan fingerprint density at radius 1 is 0.963 bits per heavy atom. The summed E-state index contributed by atoms with van der Waals surface area (Å²) >= 11 is 0. The second kappa shape index (κ2) is 9.07. The smallest absolute Gasteiger partial charge is 0.243 e. The summed E-state index contributed by atoms with van der Waals surface area (Å²) in [6.07, 6.45) is 0.0137. The first-order chi connectivity index (χ1) is 12.8. The van der Waals surface area contributed by atoms with Gasteiger partial charge in [-0.25, -0.2) is 13.2 Å². The van der Waals surface area contributed by atoms with Gasteiger partial charge in [-0.05, 0) is 49.2 Å². The molecular formula is C19H19F3N2O3. The molecule has 27 heavy (non-hydrogen) atoms. The van der Waals surface area contributed by atoms with E-state index < -0.39 is 41.5 Å². The van der Waals surface area contributed by atoms with Crippen LogP contribution in [-0.2, 0) is 9.59 Å². The van der Waals surface area contributed by atoms with Gasteiger partial charge in [0.05, 0.1) is 25.3 Å². The van der Waals surface area contributed by atoms with Gasteiger partial charge in [-0.2, -0.15) is 0 Å². The van der Waals surface area contributed by atoms with Gasteiger partial charge in [0.2, 0.25) is 11.8 Å². The van der Waals surface area contributed by atoms with E-state index in [1.54, 1.807) is 0 Å². The molecule has 0 unspecified atom stereocenters. The van der Waals surface area contributed by atoms with Crippen LogP contribution in [-0.4, -0.2) is 25.0 Å². The standard InChI is InChI=1S/C19H19F3N2O3/c1-11-7-12(2)9-13(8-11)27-6-5-16(25)23-10-17(26)24-15-4-3-14(20)18(21)19(15)22/h3-4,7-9H,5-6,10H2,1-2H3,(H,23,25)(H,24,26). The minimum absolute atomic E-state index is 0.0137. The number of rotatable bonds is 7. The van der Waals surface area contributed by atoms with E-state index in [4.69, 9.17) is 4.74 Å². The summed E-state index contributed by atoms with van der Waals surface area (Å²) in [4.78, 5) is 23.4.